The molecule has 0 radical (unpaired) electrons. The molecule has 8 nitrogen and oxygen atoms in total. The molecule has 3 heterocycles. The van der Waals surface area contributed by atoms with Crippen LogP contribution in [0.15, 0.2) is 24.4 Å². The molecule has 2 aromatic rings. The molecule has 1 unspecified atom stereocenters. The molecule has 28 heavy (non-hydrogen) atoms. The van der Waals surface area contributed by atoms with E-state index in [1.807, 2.05) is 30.9 Å². The number of aryl methyl sites for hydroxylation is 2. The highest BCUT2D eigenvalue weighted by atomic mass is 16.2. The summed E-state index contributed by atoms with van der Waals surface area (Å²) in [6.45, 7) is 5.38. The van der Waals surface area contributed by atoms with E-state index < -0.39 is 0 Å². The topological polar surface area (TPSA) is 106 Å². The van der Waals surface area contributed by atoms with Crippen molar-refractivity contribution in [3.8, 4) is 5.82 Å². The van der Waals surface area contributed by atoms with Gasteiger partial charge in [-0.3, -0.25) is 9.59 Å². The third-order valence-electron chi connectivity index (χ3n) is 5.02. The van der Waals surface area contributed by atoms with E-state index in [1.165, 1.54) is 0 Å². The zero-order valence-electron chi connectivity index (χ0n) is 16.5. The van der Waals surface area contributed by atoms with Gasteiger partial charge in [-0.2, -0.15) is 5.10 Å². The lowest BCUT2D eigenvalue weighted by Gasteiger charge is -2.36. The highest BCUT2D eigenvalue weighted by Crippen LogP contribution is 2.20. The fraction of sp³-hybridized carbons (Fsp3) is 0.500. The second-order valence-electron chi connectivity index (χ2n) is 7.23. The molecule has 1 aliphatic rings. The molecule has 3 rings (SSSR count). The smallest absolute Gasteiger partial charge is 0.255 e. The first-order chi connectivity index (χ1) is 13.5. The van der Waals surface area contributed by atoms with Gasteiger partial charge in [-0.25, -0.2) is 9.67 Å². The predicted octanol–water partition coefficient (Wildman–Crippen LogP) is 1.34. The molecular weight excluding hydrogens is 356 g/mol. The van der Waals surface area contributed by atoms with E-state index in [2.05, 4.69) is 15.4 Å². The average Bonchev–Trinajstić information content (AvgIpc) is 3.04. The number of rotatable bonds is 6. The maximum atomic E-state index is 13.0. The Bertz CT molecular complexity index is 830. The molecule has 1 saturated heterocycles. The van der Waals surface area contributed by atoms with Crippen LogP contribution in [0.25, 0.3) is 5.82 Å². The first-order valence-electron chi connectivity index (χ1n) is 9.77. The molecular formula is C20H28N6O2. The van der Waals surface area contributed by atoms with Crippen LogP contribution in [0.5, 0.6) is 0 Å². The van der Waals surface area contributed by atoms with Crippen LogP contribution in [-0.2, 0) is 4.79 Å². The summed E-state index contributed by atoms with van der Waals surface area (Å²) >= 11 is 0. The van der Waals surface area contributed by atoms with Crippen molar-refractivity contribution in [2.24, 2.45) is 5.73 Å². The summed E-state index contributed by atoms with van der Waals surface area (Å²) in [5.74, 6) is 0.563. The molecule has 1 aliphatic heterocycles. The zero-order valence-corrected chi connectivity index (χ0v) is 16.5. The summed E-state index contributed by atoms with van der Waals surface area (Å²) in [6.07, 6.45) is 4.81. The van der Waals surface area contributed by atoms with E-state index in [0.717, 1.165) is 30.7 Å². The third-order valence-corrected chi connectivity index (χ3v) is 5.02. The monoisotopic (exact) mass is 384 g/mol. The number of hydrogen-bond acceptors (Lipinski definition) is 5. The lowest BCUT2D eigenvalue weighted by atomic mass is 10.0. The lowest BCUT2D eigenvalue weighted by molar-refractivity contribution is -0.121. The van der Waals surface area contributed by atoms with Crippen LogP contribution in [0.3, 0.4) is 0 Å². The molecule has 150 valence electrons. The Hall–Kier alpha value is -2.74. The summed E-state index contributed by atoms with van der Waals surface area (Å²) in [7, 11) is 0. The van der Waals surface area contributed by atoms with Gasteiger partial charge in [0.2, 0.25) is 5.91 Å². The summed E-state index contributed by atoms with van der Waals surface area (Å²) in [4.78, 5) is 31.0. The number of carbonyl (C=O) groups excluding carboxylic acids is 2. The van der Waals surface area contributed by atoms with Crippen LogP contribution in [0.2, 0.25) is 0 Å². The normalized spacial score (nSPS) is 16.8. The van der Waals surface area contributed by atoms with E-state index in [0.29, 0.717) is 37.4 Å². The Kier molecular flexibility index (Phi) is 6.41. The van der Waals surface area contributed by atoms with Crippen LogP contribution in [0, 0.1) is 13.8 Å². The molecule has 2 aromatic heterocycles. The minimum Gasteiger partial charge on any atom is -0.354 e. The number of nitrogens with one attached hydrogen (secondary N) is 1. The maximum absolute atomic E-state index is 13.0. The first-order valence-corrected chi connectivity index (χ1v) is 9.77. The molecule has 0 aromatic carbocycles. The highest BCUT2D eigenvalue weighted by molar-refractivity contribution is 5.94. The number of piperidine rings is 1. The van der Waals surface area contributed by atoms with E-state index in [4.69, 9.17) is 5.73 Å². The standard InChI is InChI=1S/C20H28N6O2/c1-14-11-15(2)26(24-14)18-7-6-16(12-22-18)20(28)25-10-4-3-5-17(25)13-23-19(27)8-9-21/h6-7,11-12,17H,3-5,8-10,13,21H2,1-2H3,(H,23,27). The van der Waals surface area contributed by atoms with Crippen LogP contribution < -0.4 is 11.1 Å². The number of nitrogens with two attached hydrogens (primary N) is 1. The Morgan fingerprint density at radius 1 is 1.29 bits per heavy atom. The summed E-state index contributed by atoms with van der Waals surface area (Å²) < 4.78 is 1.76. The molecule has 1 fully saturated rings. The number of pyridine rings is 1. The van der Waals surface area contributed by atoms with Crippen molar-refractivity contribution in [2.75, 3.05) is 19.6 Å². The van der Waals surface area contributed by atoms with Crippen molar-refractivity contribution in [2.45, 2.75) is 45.6 Å². The summed E-state index contributed by atoms with van der Waals surface area (Å²) in [5, 5.41) is 7.31. The highest BCUT2D eigenvalue weighted by Gasteiger charge is 2.28. The van der Waals surface area contributed by atoms with E-state index in [-0.39, 0.29) is 17.9 Å². The molecule has 2 amide bonds. The average molecular weight is 384 g/mol. The number of nitrogens with zero attached hydrogens (tertiary/aromatic N) is 4. The Morgan fingerprint density at radius 2 is 2.11 bits per heavy atom. The fourth-order valence-electron chi connectivity index (χ4n) is 3.60. The molecule has 1 atom stereocenters. The van der Waals surface area contributed by atoms with Crippen molar-refractivity contribution in [1.29, 1.82) is 0 Å². The van der Waals surface area contributed by atoms with E-state index in [1.54, 1.807) is 16.9 Å². The minimum atomic E-state index is -0.0728. The van der Waals surface area contributed by atoms with Gasteiger partial charge in [-0.15, -0.1) is 0 Å². The van der Waals surface area contributed by atoms with E-state index >= 15 is 0 Å². The Labute approximate surface area is 165 Å². The number of carbonyl (C=O) groups is 2. The predicted molar refractivity (Wildman–Crippen MR) is 106 cm³/mol. The van der Waals surface area contributed by atoms with Crippen molar-refractivity contribution < 1.29 is 9.59 Å². The van der Waals surface area contributed by atoms with Gasteiger partial charge in [-0.1, -0.05) is 0 Å². The lowest BCUT2D eigenvalue weighted by Crippen LogP contribution is -2.49. The molecule has 0 spiro atoms. The van der Waals surface area contributed by atoms with Gasteiger partial charge in [0, 0.05) is 44.0 Å². The van der Waals surface area contributed by atoms with Crippen LogP contribution in [0.4, 0.5) is 0 Å². The molecule has 8 heteroatoms. The van der Waals surface area contributed by atoms with Gasteiger partial charge in [0.05, 0.1) is 11.3 Å². The van der Waals surface area contributed by atoms with E-state index in [9.17, 15) is 9.59 Å². The number of hydrogen-bond donors (Lipinski definition) is 2. The van der Waals surface area contributed by atoms with Crippen LogP contribution in [-0.4, -0.2) is 57.2 Å². The zero-order chi connectivity index (χ0) is 20.1. The maximum Gasteiger partial charge on any atom is 0.255 e. The number of aromatic nitrogens is 3. The fourth-order valence-corrected chi connectivity index (χ4v) is 3.60. The minimum absolute atomic E-state index is 0.00124. The molecule has 0 bridgehead atoms. The van der Waals surface area contributed by atoms with Crippen molar-refractivity contribution in [1.82, 2.24) is 25.0 Å². The van der Waals surface area contributed by atoms with Gasteiger partial charge < -0.3 is 16.0 Å². The first kappa shape index (κ1) is 20.0. The Morgan fingerprint density at radius 3 is 2.75 bits per heavy atom. The Balaban J connectivity index is 1.70. The van der Waals surface area contributed by atoms with Gasteiger partial charge in [-0.05, 0) is 51.3 Å². The van der Waals surface area contributed by atoms with Gasteiger partial charge in [0.1, 0.15) is 0 Å². The van der Waals surface area contributed by atoms with Crippen LogP contribution in [0.1, 0.15) is 47.4 Å². The van der Waals surface area contributed by atoms with Gasteiger partial charge in [0.15, 0.2) is 5.82 Å². The van der Waals surface area contributed by atoms with Crippen LogP contribution >= 0.6 is 0 Å². The number of amides is 2. The number of likely N-dealkylation sites (tertiary alicyclic amines) is 1. The SMILES string of the molecule is Cc1cc(C)n(-c2ccc(C(=O)N3CCCCC3CNC(=O)CCN)cn2)n1. The second kappa shape index (κ2) is 8.97. The molecule has 3 N–H and O–H groups in total. The third kappa shape index (κ3) is 4.56. The molecule has 0 saturated carbocycles. The van der Waals surface area contributed by atoms with Crippen molar-refractivity contribution >= 4 is 11.8 Å². The second-order valence-corrected chi connectivity index (χ2v) is 7.23. The van der Waals surface area contributed by atoms with Gasteiger partial charge in [0.25, 0.3) is 5.91 Å². The molecule has 0 aliphatic carbocycles. The largest absolute Gasteiger partial charge is 0.354 e. The van der Waals surface area contributed by atoms with Crippen molar-refractivity contribution in [3.05, 3.63) is 41.3 Å². The summed E-state index contributed by atoms with van der Waals surface area (Å²) in [5.41, 5.74) is 7.88. The summed E-state index contributed by atoms with van der Waals surface area (Å²) in [6, 6.07) is 5.59. The quantitative estimate of drug-likeness (QED) is 0.782. The van der Waals surface area contributed by atoms with Gasteiger partial charge >= 0.3 is 0 Å². The van der Waals surface area contributed by atoms with Crippen molar-refractivity contribution in [3.63, 3.8) is 0 Å².